The lowest BCUT2D eigenvalue weighted by Gasteiger charge is -2.13. The fourth-order valence-electron chi connectivity index (χ4n) is 2.51. The third-order valence-electron chi connectivity index (χ3n) is 4.06. The molecule has 0 spiro atoms. The summed E-state index contributed by atoms with van der Waals surface area (Å²) in [6.45, 7) is 4.09. The zero-order valence-corrected chi connectivity index (χ0v) is 15.4. The highest BCUT2D eigenvalue weighted by atomic mass is 19.1. The van der Waals surface area contributed by atoms with Gasteiger partial charge in [-0.05, 0) is 25.5 Å². The van der Waals surface area contributed by atoms with Crippen molar-refractivity contribution in [2.45, 2.75) is 71.3 Å². The molecule has 0 aliphatic rings. The van der Waals surface area contributed by atoms with Crippen LogP contribution < -0.4 is 5.32 Å². The van der Waals surface area contributed by atoms with Crippen molar-refractivity contribution in [3.05, 3.63) is 35.6 Å². The zero-order valence-electron chi connectivity index (χ0n) is 15.4. The summed E-state index contributed by atoms with van der Waals surface area (Å²) in [7, 11) is 0. The van der Waals surface area contributed by atoms with Crippen LogP contribution in [0.25, 0.3) is 0 Å². The summed E-state index contributed by atoms with van der Waals surface area (Å²) < 4.78 is 18.7. The standard InChI is InChI=1S/C20H30FNO3/c1-3-4-5-6-7-8-9-12-15-25-20(24)16(2)22-19(23)17-13-10-11-14-18(17)21/h10-11,13-14,16H,3-9,12,15H2,1-2H3,(H,22,23)/t16-/m0/s1. The van der Waals surface area contributed by atoms with Gasteiger partial charge in [0.1, 0.15) is 11.9 Å². The third kappa shape index (κ3) is 8.66. The second-order valence-corrected chi connectivity index (χ2v) is 6.32. The Kier molecular flexibility index (Phi) is 10.5. The molecule has 0 aliphatic heterocycles. The molecular formula is C20H30FNO3. The predicted octanol–water partition coefficient (Wildman–Crippen LogP) is 4.63. The lowest BCUT2D eigenvalue weighted by atomic mass is 10.1. The molecule has 0 aliphatic carbocycles. The summed E-state index contributed by atoms with van der Waals surface area (Å²) in [6.07, 6.45) is 9.36. The molecular weight excluding hydrogens is 321 g/mol. The van der Waals surface area contributed by atoms with Crippen molar-refractivity contribution < 1.29 is 18.7 Å². The molecule has 0 fully saturated rings. The van der Waals surface area contributed by atoms with Gasteiger partial charge in [-0.15, -0.1) is 0 Å². The van der Waals surface area contributed by atoms with Gasteiger partial charge in [-0.3, -0.25) is 4.79 Å². The molecule has 140 valence electrons. The number of unbranched alkanes of at least 4 members (excludes halogenated alkanes) is 7. The monoisotopic (exact) mass is 351 g/mol. The van der Waals surface area contributed by atoms with Crippen LogP contribution in [-0.2, 0) is 9.53 Å². The maximum Gasteiger partial charge on any atom is 0.328 e. The van der Waals surface area contributed by atoms with Gasteiger partial charge in [0, 0.05) is 0 Å². The van der Waals surface area contributed by atoms with Crippen LogP contribution in [0, 0.1) is 5.82 Å². The smallest absolute Gasteiger partial charge is 0.328 e. The maximum atomic E-state index is 13.5. The molecule has 5 heteroatoms. The molecule has 0 bridgehead atoms. The Labute approximate surface area is 150 Å². The summed E-state index contributed by atoms with van der Waals surface area (Å²) in [4.78, 5) is 23.8. The van der Waals surface area contributed by atoms with Gasteiger partial charge < -0.3 is 10.1 Å². The van der Waals surface area contributed by atoms with Crippen molar-refractivity contribution in [1.82, 2.24) is 5.32 Å². The fourth-order valence-corrected chi connectivity index (χ4v) is 2.51. The average Bonchev–Trinajstić information content (AvgIpc) is 2.60. The lowest BCUT2D eigenvalue weighted by molar-refractivity contribution is -0.145. The van der Waals surface area contributed by atoms with E-state index in [0.717, 1.165) is 19.3 Å². The highest BCUT2D eigenvalue weighted by Crippen LogP contribution is 2.09. The summed E-state index contributed by atoms with van der Waals surface area (Å²) in [5, 5.41) is 2.46. The van der Waals surface area contributed by atoms with Crippen molar-refractivity contribution in [2.24, 2.45) is 0 Å². The molecule has 0 unspecified atom stereocenters. The van der Waals surface area contributed by atoms with E-state index in [1.807, 2.05) is 0 Å². The second kappa shape index (κ2) is 12.5. The summed E-state index contributed by atoms with van der Waals surface area (Å²) in [6, 6.07) is 4.86. The van der Waals surface area contributed by atoms with E-state index in [1.54, 1.807) is 6.07 Å². The highest BCUT2D eigenvalue weighted by Gasteiger charge is 2.19. The number of hydrogen-bond acceptors (Lipinski definition) is 3. The molecule has 25 heavy (non-hydrogen) atoms. The predicted molar refractivity (Wildman–Crippen MR) is 96.9 cm³/mol. The van der Waals surface area contributed by atoms with E-state index in [4.69, 9.17) is 4.74 Å². The Balaban J connectivity index is 2.16. The van der Waals surface area contributed by atoms with Gasteiger partial charge in [0.15, 0.2) is 0 Å². The van der Waals surface area contributed by atoms with Crippen molar-refractivity contribution in [3.63, 3.8) is 0 Å². The minimum atomic E-state index is -0.804. The van der Waals surface area contributed by atoms with E-state index in [2.05, 4.69) is 12.2 Å². The number of carbonyl (C=O) groups excluding carboxylic acids is 2. The normalized spacial score (nSPS) is 11.8. The van der Waals surface area contributed by atoms with Crippen LogP contribution in [0.15, 0.2) is 24.3 Å². The highest BCUT2D eigenvalue weighted by molar-refractivity contribution is 5.96. The van der Waals surface area contributed by atoms with Crippen molar-refractivity contribution in [1.29, 1.82) is 0 Å². The van der Waals surface area contributed by atoms with Crippen molar-refractivity contribution >= 4 is 11.9 Å². The van der Waals surface area contributed by atoms with Gasteiger partial charge in [0.05, 0.1) is 12.2 Å². The number of benzene rings is 1. The van der Waals surface area contributed by atoms with Gasteiger partial charge in [-0.1, -0.05) is 64.0 Å². The Hall–Kier alpha value is -1.91. The first-order chi connectivity index (χ1) is 12.1. The van der Waals surface area contributed by atoms with Crippen molar-refractivity contribution in [3.8, 4) is 0 Å². The first kappa shape index (κ1) is 21.1. The van der Waals surface area contributed by atoms with Crippen LogP contribution in [-0.4, -0.2) is 24.5 Å². The summed E-state index contributed by atoms with van der Waals surface area (Å²) >= 11 is 0. The van der Waals surface area contributed by atoms with Gasteiger partial charge in [-0.25, -0.2) is 9.18 Å². The Morgan fingerprint density at radius 2 is 1.64 bits per heavy atom. The second-order valence-electron chi connectivity index (χ2n) is 6.32. The first-order valence-corrected chi connectivity index (χ1v) is 9.28. The van der Waals surface area contributed by atoms with E-state index in [1.165, 1.54) is 57.2 Å². The van der Waals surface area contributed by atoms with Gasteiger partial charge in [0.25, 0.3) is 5.91 Å². The molecule has 0 radical (unpaired) electrons. The van der Waals surface area contributed by atoms with Crippen LogP contribution in [0.2, 0.25) is 0 Å². The van der Waals surface area contributed by atoms with E-state index >= 15 is 0 Å². The van der Waals surface area contributed by atoms with Gasteiger partial charge in [0.2, 0.25) is 0 Å². The molecule has 1 aromatic carbocycles. The number of nitrogens with one attached hydrogen (secondary N) is 1. The minimum absolute atomic E-state index is 0.0785. The molecule has 1 aromatic rings. The largest absolute Gasteiger partial charge is 0.464 e. The Morgan fingerprint density at radius 3 is 2.28 bits per heavy atom. The molecule has 0 saturated heterocycles. The average molecular weight is 351 g/mol. The van der Waals surface area contributed by atoms with Crippen LogP contribution in [0.5, 0.6) is 0 Å². The zero-order chi connectivity index (χ0) is 18.5. The van der Waals surface area contributed by atoms with E-state index in [-0.39, 0.29) is 5.56 Å². The number of halogens is 1. The molecule has 1 rings (SSSR count). The topological polar surface area (TPSA) is 55.4 Å². The molecule has 0 saturated carbocycles. The fraction of sp³-hybridized carbons (Fsp3) is 0.600. The molecule has 0 heterocycles. The molecule has 4 nitrogen and oxygen atoms in total. The van der Waals surface area contributed by atoms with Crippen LogP contribution in [0.3, 0.4) is 0 Å². The molecule has 1 amide bonds. The molecule has 0 aromatic heterocycles. The Morgan fingerprint density at radius 1 is 1.04 bits per heavy atom. The van der Waals surface area contributed by atoms with E-state index in [9.17, 15) is 14.0 Å². The number of amides is 1. The first-order valence-electron chi connectivity index (χ1n) is 9.28. The maximum absolute atomic E-state index is 13.5. The van der Waals surface area contributed by atoms with Crippen LogP contribution in [0.1, 0.15) is 75.6 Å². The van der Waals surface area contributed by atoms with Gasteiger partial charge >= 0.3 is 5.97 Å². The van der Waals surface area contributed by atoms with Gasteiger partial charge in [-0.2, -0.15) is 0 Å². The van der Waals surface area contributed by atoms with E-state index < -0.39 is 23.7 Å². The number of esters is 1. The van der Waals surface area contributed by atoms with Crippen LogP contribution in [0.4, 0.5) is 4.39 Å². The number of carbonyl (C=O) groups is 2. The quantitative estimate of drug-likeness (QED) is 0.441. The molecule has 1 atom stereocenters. The number of rotatable bonds is 12. The SMILES string of the molecule is CCCCCCCCCCOC(=O)[C@H](C)NC(=O)c1ccccc1F. The summed E-state index contributed by atoms with van der Waals surface area (Å²) in [5.74, 6) is -1.72. The van der Waals surface area contributed by atoms with Crippen LogP contribution >= 0.6 is 0 Å². The van der Waals surface area contributed by atoms with E-state index in [0.29, 0.717) is 6.61 Å². The van der Waals surface area contributed by atoms with Crippen molar-refractivity contribution in [2.75, 3.05) is 6.61 Å². The summed E-state index contributed by atoms with van der Waals surface area (Å²) in [5.41, 5.74) is -0.0785. The number of ether oxygens (including phenoxy) is 1. The number of hydrogen-bond donors (Lipinski definition) is 1. The third-order valence-corrected chi connectivity index (χ3v) is 4.06. The lowest BCUT2D eigenvalue weighted by Crippen LogP contribution is -2.40. The minimum Gasteiger partial charge on any atom is -0.464 e. The molecule has 1 N–H and O–H groups in total. The Bertz CT molecular complexity index is 533.